The zero-order chi connectivity index (χ0) is 10.6. The number of nitrogens with one attached hydrogen (secondary N) is 1. The molecule has 2 aliphatic rings. The van der Waals surface area contributed by atoms with Gasteiger partial charge in [-0.15, -0.1) is 0 Å². The summed E-state index contributed by atoms with van der Waals surface area (Å²) in [6, 6.07) is 8.11. The summed E-state index contributed by atoms with van der Waals surface area (Å²) >= 11 is 0. The molecule has 80 valence electrons. The largest absolute Gasteiger partial charge is 0.386 e. The van der Waals surface area contributed by atoms with E-state index in [0.717, 1.165) is 5.56 Å². The molecule has 3 nitrogen and oxygen atoms in total. The molecular weight excluding hydrogens is 190 g/mol. The molecule has 0 amide bonds. The van der Waals surface area contributed by atoms with Crippen molar-refractivity contribution in [1.29, 1.82) is 0 Å². The van der Waals surface area contributed by atoms with Crippen LogP contribution in [0.3, 0.4) is 0 Å². The molecule has 0 radical (unpaired) electrons. The van der Waals surface area contributed by atoms with E-state index in [2.05, 4.69) is 11.4 Å². The first-order valence-electron chi connectivity index (χ1n) is 5.31. The van der Waals surface area contributed by atoms with Crippen LogP contribution in [-0.2, 0) is 4.74 Å². The second-order valence-corrected chi connectivity index (χ2v) is 4.79. The van der Waals surface area contributed by atoms with Crippen LogP contribution in [0.15, 0.2) is 24.3 Å². The Hall–Kier alpha value is -0.900. The van der Waals surface area contributed by atoms with Gasteiger partial charge in [-0.25, -0.2) is 0 Å². The second-order valence-electron chi connectivity index (χ2n) is 4.79. The Kier molecular flexibility index (Phi) is 1.75. The Morgan fingerprint density at radius 3 is 2.67 bits per heavy atom. The molecule has 1 aliphatic heterocycles. The van der Waals surface area contributed by atoms with Gasteiger partial charge in [-0.05, 0) is 25.0 Å². The van der Waals surface area contributed by atoms with Crippen LogP contribution in [0, 0.1) is 0 Å². The molecule has 1 aliphatic carbocycles. The number of benzene rings is 1. The maximum atomic E-state index is 10.1. The van der Waals surface area contributed by atoms with E-state index in [-0.39, 0.29) is 17.9 Å². The molecule has 0 saturated carbocycles. The van der Waals surface area contributed by atoms with E-state index in [4.69, 9.17) is 4.74 Å². The van der Waals surface area contributed by atoms with Crippen LogP contribution in [0.1, 0.15) is 37.1 Å². The number of aliphatic hydroxyl groups is 1. The lowest BCUT2D eigenvalue weighted by Crippen LogP contribution is -2.35. The van der Waals surface area contributed by atoms with Crippen LogP contribution in [0.4, 0.5) is 0 Å². The number of hydrogen-bond acceptors (Lipinski definition) is 3. The first kappa shape index (κ1) is 9.33. The molecule has 15 heavy (non-hydrogen) atoms. The van der Waals surface area contributed by atoms with Gasteiger partial charge in [-0.3, -0.25) is 5.32 Å². The first-order valence-corrected chi connectivity index (χ1v) is 5.31. The number of rotatable bonds is 0. The highest BCUT2D eigenvalue weighted by Gasteiger charge is 2.49. The van der Waals surface area contributed by atoms with Crippen molar-refractivity contribution in [2.75, 3.05) is 0 Å². The molecule has 1 heterocycles. The van der Waals surface area contributed by atoms with E-state index >= 15 is 0 Å². The third-order valence-corrected chi connectivity index (χ3v) is 3.22. The van der Waals surface area contributed by atoms with E-state index in [1.165, 1.54) is 5.56 Å². The van der Waals surface area contributed by atoms with E-state index in [1.807, 2.05) is 32.0 Å². The predicted octanol–water partition coefficient (Wildman–Crippen LogP) is 1.50. The number of ether oxygens (including phenoxy) is 1. The summed E-state index contributed by atoms with van der Waals surface area (Å²) in [5.41, 5.74) is 1.82. The molecule has 0 aromatic heterocycles. The van der Waals surface area contributed by atoms with Gasteiger partial charge >= 0.3 is 0 Å². The molecule has 3 rings (SSSR count). The Morgan fingerprint density at radius 1 is 1.27 bits per heavy atom. The van der Waals surface area contributed by atoms with Gasteiger partial charge < -0.3 is 9.84 Å². The number of aliphatic hydroxyl groups excluding tert-OH is 1. The van der Waals surface area contributed by atoms with Gasteiger partial charge in [0.25, 0.3) is 0 Å². The van der Waals surface area contributed by atoms with Gasteiger partial charge in [0.05, 0.1) is 6.04 Å². The first-order chi connectivity index (χ1) is 7.08. The lowest BCUT2D eigenvalue weighted by Gasteiger charge is -2.21. The quantitative estimate of drug-likeness (QED) is 0.674. The van der Waals surface area contributed by atoms with Crippen molar-refractivity contribution in [2.45, 2.75) is 37.8 Å². The average molecular weight is 205 g/mol. The fourth-order valence-corrected chi connectivity index (χ4v) is 2.64. The molecule has 1 saturated heterocycles. The standard InChI is InChI=1S/C12H15NO2/c1-12(2)13-9-7-5-3-4-6-8(7)10(14)11(9)15-12/h3-6,9-11,13-14H,1-2H3/t9-,10+,11-/m0/s1. The summed E-state index contributed by atoms with van der Waals surface area (Å²) in [5.74, 6) is 0. The molecule has 0 unspecified atom stereocenters. The lowest BCUT2D eigenvalue weighted by molar-refractivity contribution is -0.0740. The summed E-state index contributed by atoms with van der Waals surface area (Å²) < 4.78 is 5.81. The van der Waals surface area contributed by atoms with Crippen LogP contribution in [0.2, 0.25) is 0 Å². The summed E-state index contributed by atoms with van der Waals surface area (Å²) in [4.78, 5) is 0. The summed E-state index contributed by atoms with van der Waals surface area (Å²) in [5, 5.41) is 13.5. The molecule has 2 N–H and O–H groups in total. The SMILES string of the molecule is CC1(C)N[C@H]2c3ccccc3[C@@H](O)[C@H]2O1. The third kappa shape index (κ3) is 1.24. The normalized spacial score (nSPS) is 36.3. The molecule has 3 heteroatoms. The molecular formula is C12H15NO2. The van der Waals surface area contributed by atoms with Crippen LogP contribution < -0.4 is 5.32 Å². The van der Waals surface area contributed by atoms with Crippen molar-refractivity contribution in [1.82, 2.24) is 5.32 Å². The van der Waals surface area contributed by atoms with E-state index < -0.39 is 6.10 Å². The lowest BCUT2D eigenvalue weighted by atomic mass is 10.1. The molecule has 0 spiro atoms. The Morgan fingerprint density at radius 2 is 1.93 bits per heavy atom. The Bertz CT molecular complexity index is 402. The van der Waals surface area contributed by atoms with Crippen molar-refractivity contribution in [3.8, 4) is 0 Å². The fraction of sp³-hybridized carbons (Fsp3) is 0.500. The molecule has 1 aromatic rings. The number of hydrogen-bond donors (Lipinski definition) is 2. The maximum absolute atomic E-state index is 10.1. The highest BCUT2D eigenvalue weighted by molar-refractivity contribution is 5.40. The van der Waals surface area contributed by atoms with Gasteiger partial charge in [0.2, 0.25) is 0 Å². The van der Waals surface area contributed by atoms with Gasteiger partial charge in [0, 0.05) is 0 Å². The smallest absolute Gasteiger partial charge is 0.114 e. The van der Waals surface area contributed by atoms with Crippen molar-refractivity contribution >= 4 is 0 Å². The number of fused-ring (bicyclic) bond motifs is 3. The summed E-state index contributed by atoms with van der Waals surface area (Å²) in [7, 11) is 0. The van der Waals surface area contributed by atoms with Crippen molar-refractivity contribution in [3.05, 3.63) is 35.4 Å². The van der Waals surface area contributed by atoms with Gasteiger partial charge in [-0.2, -0.15) is 0 Å². The fourth-order valence-electron chi connectivity index (χ4n) is 2.64. The topological polar surface area (TPSA) is 41.5 Å². The third-order valence-electron chi connectivity index (χ3n) is 3.22. The van der Waals surface area contributed by atoms with Gasteiger partial charge in [-0.1, -0.05) is 24.3 Å². The van der Waals surface area contributed by atoms with E-state index in [1.54, 1.807) is 0 Å². The molecule has 0 bridgehead atoms. The van der Waals surface area contributed by atoms with Crippen molar-refractivity contribution in [2.24, 2.45) is 0 Å². The minimum absolute atomic E-state index is 0.131. The monoisotopic (exact) mass is 205 g/mol. The van der Waals surface area contributed by atoms with E-state index in [0.29, 0.717) is 0 Å². The Balaban J connectivity index is 2.06. The highest BCUT2D eigenvalue weighted by atomic mass is 16.5. The van der Waals surface area contributed by atoms with Gasteiger partial charge in [0.1, 0.15) is 17.9 Å². The van der Waals surface area contributed by atoms with Gasteiger partial charge in [0.15, 0.2) is 0 Å². The van der Waals surface area contributed by atoms with Crippen LogP contribution in [0.25, 0.3) is 0 Å². The highest BCUT2D eigenvalue weighted by Crippen LogP contribution is 2.46. The van der Waals surface area contributed by atoms with E-state index in [9.17, 15) is 5.11 Å². The van der Waals surface area contributed by atoms with Crippen LogP contribution in [-0.4, -0.2) is 16.9 Å². The second kappa shape index (κ2) is 2.82. The average Bonchev–Trinajstić information content (AvgIpc) is 2.63. The summed E-state index contributed by atoms with van der Waals surface area (Å²) in [6.07, 6.45) is -0.641. The Labute approximate surface area is 89.1 Å². The molecule has 1 fully saturated rings. The molecule has 3 atom stereocenters. The predicted molar refractivity (Wildman–Crippen MR) is 56.2 cm³/mol. The van der Waals surface area contributed by atoms with Crippen molar-refractivity contribution in [3.63, 3.8) is 0 Å². The van der Waals surface area contributed by atoms with Crippen molar-refractivity contribution < 1.29 is 9.84 Å². The zero-order valence-electron chi connectivity index (χ0n) is 8.90. The minimum Gasteiger partial charge on any atom is -0.386 e. The molecule has 1 aromatic carbocycles. The summed E-state index contributed by atoms with van der Waals surface area (Å²) in [6.45, 7) is 3.97. The zero-order valence-corrected chi connectivity index (χ0v) is 8.90. The van der Waals surface area contributed by atoms with Crippen LogP contribution in [0.5, 0.6) is 0 Å². The minimum atomic E-state index is -0.500. The van der Waals surface area contributed by atoms with Crippen LogP contribution >= 0.6 is 0 Å². The maximum Gasteiger partial charge on any atom is 0.114 e.